The Hall–Kier alpha value is -2.24. The Balaban J connectivity index is 1.97. The molecule has 0 radical (unpaired) electrons. The fraction of sp³-hybridized carbons (Fsp3) is 0.467. The molecule has 0 spiro atoms. The molecule has 0 bridgehead atoms. The molecule has 1 aliphatic rings. The SMILES string of the molecule is COc1cc(N)c(-c2nc(C3CC3(C)C)no2)cc1OC. The lowest BCUT2D eigenvalue weighted by molar-refractivity contribution is 0.355. The Morgan fingerprint density at radius 1 is 1.24 bits per heavy atom. The zero-order chi connectivity index (χ0) is 15.2. The van der Waals surface area contributed by atoms with Crippen molar-refractivity contribution >= 4 is 5.69 Å². The predicted octanol–water partition coefficient (Wildman–Crippen LogP) is 2.85. The minimum atomic E-state index is 0.254. The minimum absolute atomic E-state index is 0.254. The van der Waals surface area contributed by atoms with E-state index in [1.807, 2.05) is 0 Å². The largest absolute Gasteiger partial charge is 0.493 e. The van der Waals surface area contributed by atoms with E-state index in [2.05, 4.69) is 24.0 Å². The highest BCUT2D eigenvalue weighted by atomic mass is 16.5. The Bertz CT molecular complexity index is 679. The van der Waals surface area contributed by atoms with Crippen LogP contribution in [0.15, 0.2) is 16.7 Å². The molecule has 2 N–H and O–H groups in total. The number of anilines is 1. The first-order valence-corrected chi connectivity index (χ1v) is 6.81. The van der Waals surface area contributed by atoms with Crippen molar-refractivity contribution in [1.29, 1.82) is 0 Å². The number of ether oxygens (including phenoxy) is 2. The molecule has 0 amide bonds. The number of aromatic nitrogens is 2. The van der Waals surface area contributed by atoms with E-state index in [9.17, 15) is 0 Å². The van der Waals surface area contributed by atoms with Gasteiger partial charge < -0.3 is 19.7 Å². The summed E-state index contributed by atoms with van der Waals surface area (Å²) in [6.07, 6.45) is 1.08. The van der Waals surface area contributed by atoms with E-state index in [1.165, 1.54) is 0 Å². The minimum Gasteiger partial charge on any atom is -0.493 e. The van der Waals surface area contributed by atoms with Crippen LogP contribution >= 0.6 is 0 Å². The number of hydrogen-bond acceptors (Lipinski definition) is 6. The van der Waals surface area contributed by atoms with Gasteiger partial charge in [-0.1, -0.05) is 19.0 Å². The van der Waals surface area contributed by atoms with Gasteiger partial charge in [0.1, 0.15) is 0 Å². The maximum absolute atomic E-state index is 6.04. The van der Waals surface area contributed by atoms with Crippen molar-refractivity contribution in [3.8, 4) is 23.0 Å². The summed E-state index contributed by atoms with van der Waals surface area (Å²) in [5, 5.41) is 4.08. The maximum Gasteiger partial charge on any atom is 0.260 e. The maximum atomic E-state index is 6.04. The first kappa shape index (κ1) is 13.7. The molecule has 1 saturated carbocycles. The van der Waals surface area contributed by atoms with Crippen LogP contribution in [0.25, 0.3) is 11.5 Å². The van der Waals surface area contributed by atoms with Crippen molar-refractivity contribution in [2.75, 3.05) is 20.0 Å². The predicted molar refractivity (Wildman–Crippen MR) is 78.4 cm³/mol. The summed E-state index contributed by atoms with van der Waals surface area (Å²) >= 11 is 0. The van der Waals surface area contributed by atoms with Crippen molar-refractivity contribution in [3.63, 3.8) is 0 Å². The number of nitrogen functional groups attached to an aromatic ring is 1. The molecule has 1 fully saturated rings. The Kier molecular flexibility index (Phi) is 3.04. The lowest BCUT2D eigenvalue weighted by Crippen LogP contribution is -1.96. The normalized spacial score (nSPS) is 19.3. The van der Waals surface area contributed by atoms with E-state index < -0.39 is 0 Å². The molecule has 1 atom stereocenters. The summed E-state index contributed by atoms with van der Waals surface area (Å²) in [6.45, 7) is 4.39. The zero-order valence-electron chi connectivity index (χ0n) is 12.6. The van der Waals surface area contributed by atoms with Crippen LogP contribution in [0.3, 0.4) is 0 Å². The third-order valence-electron chi connectivity index (χ3n) is 4.05. The van der Waals surface area contributed by atoms with Crippen LogP contribution < -0.4 is 15.2 Å². The average molecular weight is 289 g/mol. The Morgan fingerprint density at radius 2 is 1.86 bits per heavy atom. The molecule has 112 valence electrons. The molecule has 1 aromatic heterocycles. The second kappa shape index (κ2) is 4.65. The van der Waals surface area contributed by atoms with Gasteiger partial charge in [-0.25, -0.2) is 0 Å². The molecule has 2 aromatic rings. The van der Waals surface area contributed by atoms with E-state index in [1.54, 1.807) is 26.4 Å². The first-order valence-electron chi connectivity index (χ1n) is 6.81. The van der Waals surface area contributed by atoms with Gasteiger partial charge in [-0.05, 0) is 17.9 Å². The second-order valence-electron chi connectivity index (χ2n) is 6.00. The van der Waals surface area contributed by atoms with Gasteiger partial charge in [-0.3, -0.25) is 0 Å². The van der Waals surface area contributed by atoms with E-state index in [4.69, 9.17) is 19.7 Å². The van der Waals surface area contributed by atoms with Gasteiger partial charge in [0.15, 0.2) is 17.3 Å². The van der Waals surface area contributed by atoms with Gasteiger partial charge in [0, 0.05) is 17.7 Å². The fourth-order valence-electron chi connectivity index (χ4n) is 2.47. The quantitative estimate of drug-likeness (QED) is 0.871. The highest BCUT2D eigenvalue weighted by Crippen LogP contribution is 2.57. The highest BCUT2D eigenvalue weighted by Gasteiger charge is 2.49. The fourth-order valence-corrected chi connectivity index (χ4v) is 2.47. The summed E-state index contributed by atoms with van der Waals surface area (Å²) in [6, 6.07) is 3.45. The number of nitrogens with zero attached hydrogens (tertiary/aromatic N) is 2. The molecule has 3 rings (SSSR count). The van der Waals surface area contributed by atoms with Gasteiger partial charge >= 0.3 is 0 Å². The molecule has 0 saturated heterocycles. The van der Waals surface area contributed by atoms with Crippen molar-refractivity contribution < 1.29 is 14.0 Å². The lowest BCUT2D eigenvalue weighted by atomic mass is 10.1. The number of rotatable bonds is 4. The number of nitrogens with two attached hydrogens (primary N) is 1. The average Bonchev–Trinajstić information content (AvgIpc) is 2.89. The van der Waals surface area contributed by atoms with Crippen molar-refractivity contribution in [2.45, 2.75) is 26.2 Å². The third kappa shape index (κ3) is 2.30. The summed E-state index contributed by atoms with van der Waals surface area (Å²) in [4.78, 5) is 4.48. The molecule has 21 heavy (non-hydrogen) atoms. The second-order valence-corrected chi connectivity index (χ2v) is 6.00. The molecule has 6 nitrogen and oxygen atoms in total. The van der Waals surface area contributed by atoms with E-state index in [0.717, 1.165) is 12.2 Å². The number of hydrogen-bond donors (Lipinski definition) is 1. The van der Waals surface area contributed by atoms with Gasteiger partial charge in [0.05, 0.1) is 19.8 Å². The topological polar surface area (TPSA) is 83.4 Å². The molecule has 1 aromatic carbocycles. The van der Waals surface area contributed by atoms with E-state index in [-0.39, 0.29) is 5.41 Å². The van der Waals surface area contributed by atoms with Crippen molar-refractivity contribution in [3.05, 3.63) is 18.0 Å². The van der Waals surface area contributed by atoms with Gasteiger partial charge in [0.2, 0.25) is 0 Å². The summed E-state index contributed by atoms with van der Waals surface area (Å²) in [5.41, 5.74) is 7.47. The highest BCUT2D eigenvalue weighted by molar-refractivity contribution is 5.75. The van der Waals surface area contributed by atoms with Crippen molar-refractivity contribution in [1.82, 2.24) is 10.1 Å². The van der Waals surface area contributed by atoms with Crippen LogP contribution in [-0.4, -0.2) is 24.4 Å². The Labute approximate surface area is 123 Å². The number of methoxy groups -OCH3 is 2. The van der Waals surface area contributed by atoms with Crippen LogP contribution in [-0.2, 0) is 0 Å². The summed E-state index contributed by atoms with van der Waals surface area (Å²) in [7, 11) is 3.14. The molecule has 6 heteroatoms. The first-order chi connectivity index (χ1) is 9.96. The van der Waals surface area contributed by atoms with Gasteiger partial charge in [-0.2, -0.15) is 4.98 Å². The van der Waals surface area contributed by atoms with Crippen LogP contribution in [0.1, 0.15) is 32.0 Å². The van der Waals surface area contributed by atoms with Gasteiger partial charge in [0.25, 0.3) is 5.89 Å². The zero-order valence-corrected chi connectivity index (χ0v) is 12.6. The summed E-state index contributed by atoms with van der Waals surface area (Å²) in [5.74, 6) is 2.65. The molecule has 1 heterocycles. The van der Waals surface area contributed by atoms with Crippen molar-refractivity contribution in [2.24, 2.45) is 5.41 Å². The van der Waals surface area contributed by atoms with Gasteiger partial charge in [-0.15, -0.1) is 0 Å². The van der Waals surface area contributed by atoms with E-state index >= 15 is 0 Å². The third-order valence-corrected chi connectivity index (χ3v) is 4.05. The molecule has 0 aliphatic heterocycles. The molecular weight excluding hydrogens is 270 g/mol. The van der Waals surface area contributed by atoms with E-state index in [0.29, 0.717) is 34.6 Å². The monoisotopic (exact) mass is 289 g/mol. The summed E-state index contributed by atoms with van der Waals surface area (Å²) < 4.78 is 15.9. The van der Waals surface area contributed by atoms with Crippen LogP contribution in [0, 0.1) is 5.41 Å². The lowest BCUT2D eigenvalue weighted by Gasteiger charge is -2.10. The Morgan fingerprint density at radius 3 is 2.43 bits per heavy atom. The molecular formula is C15H19N3O3. The molecule has 1 aliphatic carbocycles. The van der Waals surface area contributed by atoms with Crippen LogP contribution in [0.5, 0.6) is 11.5 Å². The number of benzene rings is 1. The van der Waals surface area contributed by atoms with Crippen LogP contribution in [0.4, 0.5) is 5.69 Å². The standard InChI is InChI=1S/C15H19N3O3/c1-15(2)7-9(15)13-17-14(21-18-13)8-5-11(19-3)12(20-4)6-10(8)16/h5-6,9H,7,16H2,1-4H3. The van der Waals surface area contributed by atoms with Crippen LogP contribution in [0.2, 0.25) is 0 Å². The smallest absolute Gasteiger partial charge is 0.260 e. The molecule has 1 unspecified atom stereocenters.